The lowest BCUT2D eigenvalue weighted by Gasteiger charge is -2.09. The van der Waals surface area contributed by atoms with Crippen LogP contribution in [0.1, 0.15) is 10.4 Å². The van der Waals surface area contributed by atoms with Crippen LogP contribution in [0.2, 0.25) is 0 Å². The summed E-state index contributed by atoms with van der Waals surface area (Å²) < 4.78 is 25.4. The number of amides is 1. The highest BCUT2D eigenvalue weighted by Crippen LogP contribution is 2.27. The molecule has 1 amide bonds. The summed E-state index contributed by atoms with van der Waals surface area (Å²) in [4.78, 5) is 17.6. The molecule has 3 rings (SSSR count). The normalized spacial score (nSPS) is 11.4. The molecule has 0 saturated carbocycles. The van der Waals surface area contributed by atoms with Crippen LogP contribution in [-0.2, 0) is 17.1 Å². The van der Waals surface area contributed by atoms with Gasteiger partial charge in [-0.1, -0.05) is 11.8 Å². The number of carbonyl (C=O) groups is 1. The highest BCUT2D eigenvalue weighted by Gasteiger charge is 2.16. The second-order valence-corrected chi connectivity index (χ2v) is 9.04. The van der Waals surface area contributed by atoms with Crippen molar-refractivity contribution in [3.8, 4) is 0 Å². The van der Waals surface area contributed by atoms with E-state index in [0.29, 0.717) is 10.2 Å². The summed E-state index contributed by atoms with van der Waals surface area (Å²) in [7, 11) is -1.98. The van der Waals surface area contributed by atoms with E-state index in [1.807, 2.05) is 29.9 Å². The lowest BCUT2D eigenvalue weighted by atomic mass is 10.2. The average Bonchev–Trinajstić information content (AvgIpc) is 3.00. The number of hydrogen-bond donors (Lipinski definition) is 2. The summed E-state index contributed by atoms with van der Waals surface area (Å²) in [6, 6.07) is 11.3. The summed E-state index contributed by atoms with van der Waals surface area (Å²) >= 11 is 4.76. The maximum atomic E-state index is 12.5. The predicted molar refractivity (Wildman–Crippen MR) is 107 cm³/mol. The van der Waals surface area contributed by atoms with E-state index in [-0.39, 0.29) is 10.5 Å². The zero-order valence-corrected chi connectivity index (χ0v) is 17.3. The molecule has 10 heteroatoms. The topological polar surface area (TPSA) is 107 Å². The highest BCUT2D eigenvalue weighted by molar-refractivity contribution is 9.10. The standard InChI is InChI=1S/C17H15BrN4O3S2/c1-22-9-8-20-17(22)26-12-4-2-11(3-5-12)21-16(23)14-10-13(27(19,24)25)6-7-15(14)18/h2-10H,1H3,(H,21,23)(H2,19,24,25). The number of nitrogens with one attached hydrogen (secondary N) is 1. The molecule has 0 bridgehead atoms. The van der Waals surface area contributed by atoms with Crippen molar-refractivity contribution in [2.45, 2.75) is 14.9 Å². The smallest absolute Gasteiger partial charge is 0.256 e. The fourth-order valence-corrected chi connectivity index (χ4v) is 3.98. The van der Waals surface area contributed by atoms with Gasteiger partial charge < -0.3 is 9.88 Å². The Hall–Kier alpha value is -2.14. The predicted octanol–water partition coefficient (Wildman–Crippen LogP) is 3.23. The number of carbonyl (C=O) groups excluding carboxylic acids is 1. The van der Waals surface area contributed by atoms with Crippen molar-refractivity contribution in [3.05, 3.63) is 64.9 Å². The highest BCUT2D eigenvalue weighted by atomic mass is 79.9. The SMILES string of the molecule is Cn1ccnc1Sc1ccc(NC(=O)c2cc(S(N)(=O)=O)ccc2Br)cc1. The number of aromatic nitrogens is 2. The number of halogens is 1. The minimum atomic E-state index is -3.89. The van der Waals surface area contributed by atoms with Gasteiger partial charge in [0.1, 0.15) is 0 Å². The van der Waals surface area contributed by atoms with Crippen molar-refractivity contribution in [3.63, 3.8) is 0 Å². The summed E-state index contributed by atoms with van der Waals surface area (Å²) in [6.45, 7) is 0. The van der Waals surface area contributed by atoms with Crippen LogP contribution in [0.15, 0.2) is 74.3 Å². The molecule has 3 N–H and O–H groups in total. The Balaban J connectivity index is 1.76. The van der Waals surface area contributed by atoms with Crippen LogP contribution in [0.25, 0.3) is 0 Å². The second-order valence-electron chi connectivity index (χ2n) is 5.59. The quantitative estimate of drug-likeness (QED) is 0.599. The Bertz CT molecular complexity index is 1100. The van der Waals surface area contributed by atoms with Gasteiger partial charge in [-0.05, 0) is 58.4 Å². The molecule has 1 heterocycles. The second kappa shape index (κ2) is 7.85. The number of rotatable bonds is 5. The molecule has 3 aromatic rings. The van der Waals surface area contributed by atoms with Gasteiger partial charge in [-0.2, -0.15) is 0 Å². The van der Waals surface area contributed by atoms with Gasteiger partial charge in [0.05, 0.1) is 10.5 Å². The van der Waals surface area contributed by atoms with Crippen molar-refractivity contribution < 1.29 is 13.2 Å². The molecule has 27 heavy (non-hydrogen) atoms. The van der Waals surface area contributed by atoms with Gasteiger partial charge in [0, 0.05) is 34.5 Å². The third kappa shape index (κ3) is 4.78. The fraction of sp³-hybridized carbons (Fsp3) is 0.0588. The Labute approximate surface area is 169 Å². The van der Waals surface area contributed by atoms with Crippen LogP contribution in [0, 0.1) is 0 Å². The van der Waals surface area contributed by atoms with E-state index in [1.165, 1.54) is 30.0 Å². The van der Waals surface area contributed by atoms with Crippen molar-refractivity contribution in [2.75, 3.05) is 5.32 Å². The first-order valence-corrected chi connectivity index (χ1v) is 10.8. The number of sulfonamides is 1. The van der Waals surface area contributed by atoms with E-state index in [4.69, 9.17) is 5.14 Å². The summed E-state index contributed by atoms with van der Waals surface area (Å²) in [5.74, 6) is -0.447. The summed E-state index contributed by atoms with van der Waals surface area (Å²) in [5.41, 5.74) is 0.755. The lowest BCUT2D eigenvalue weighted by molar-refractivity contribution is 0.102. The third-order valence-corrected chi connectivity index (χ3v) is 6.30. The molecule has 7 nitrogen and oxygen atoms in total. The van der Waals surface area contributed by atoms with Gasteiger partial charge in [-0.25, -0.2) is 18.5 Å². The zero-order valence-electron chi connectivity index (χ0n) is 14.1. The lowest BCUT2D eigenvalue weighted by Crippen LogP contribution is -2.16. The van der Waals surface area contributed by atoms with E-state index < -0.39 is 15.9 Å². The van der Waals surface area contributed by atoms with Gasteiger partial charge in [0.2, 0.25) is 10.0 Å². The molecule has 2 aromatic carbocycles. The first-order valence-electron chi connectivity index (χ1n) is 7.63. The molecule has 0 unspecified atom stereocenters. The van der Waals surface area contributed by atoms with Gasteiger partial charge >= 0.3 is 0 Å². The van der Waals surface area contributed by atoms with Crippen LogP contribution in [-0.4, -0.2) is 23.9 Å². The first kappa shape index (κ1) is 19.6. The fourth-order valence-electron chi connectivity index (χ4n) is 2.22. The largest absolute Gasteiger partial charge is 0.329 e. The van der Waals surface area contributed by atoms with Crippen molar-refractivity contribution >= 4 is 49.3 Å². The van der Waals surface area contributed by atoms with Crippen LogP contribution < -0.4 is 10.5 Å². The minimum Gasteiger partial charge on any atom is -0.329 e. The molecule has 0 aliphatic heterocycles. The van der Waals surface area contributed by atoms with E-state index in [0.717, 1.165) is 10.1 Å². The molecular weight excluding hydrogens is 452 g/mol. The molecule has 0 atom stereocenters. The van der Waals surface area contributed by atoms with E-state index in [1.54, 1.807) is 18.3 Å². The Morgan fingerprint density at radius 1 is 1.22 bits per heavy atom. The van der Waals surface area contributed by atoms with Gasteiger partial charge in [-0.3, -0.25) is 4.79 Å². The maximum absolute atomic E-state index is 12.5. The minimum absolute atomic E-state index is 0.127. The van der Waals surface area contributed by atoms with E-state index >= 15 is 0 Å². The third-order valence-electron chi connectivity index (χ3n) is 3.61. The van der Waals surface area contributed by atoms with Crippen LogP contribution in [0.5, 0.6) is 0 Å². The number of aryl methyl sites for hydroxylation is 1. The van der Waals surface area contributed by atoms with Crippen molar-refractivity contribution in [1.29, 1.82) is 0 Å². The zero-order chi connectivity index (χ0) is 19.6. The Kier molecular flexibility index (Phi) is 5.70. The molecule has 0 radical (unpaired) electrons. The molecule has 0 aliphatic carbocycles. The number of nitrogens with zero attached hydrogens (tertiary/aromatic N) is 2. The number of nitrogens with two attached hydrogens (primary N) is 1. The molecule has 0 spiro atoms. The van der Waals surface area contributed by atoms with Gasteiger partial charge in [0.25, 0.3) is 5.91 Å². The van der Waals surface area contributed by atoms with Crippen LogP contribution >= 0.6 is 27.7 Å². The van der Waals surface area contributed by atoms with Crippen molar-refractivity contribution in [2.24, 2.45) is 12.2 Å². The Morgan fingerprint density at radius 3 is 2.52 bits per heavy atom. The number of anilines is 1. The molecule has 0 saturated heterocycles. The van der Waals surface area contributed by atoms with Gasteiger partial charge in [-0.15, -0.1) is 0 Å². The average molecular weight is 467 g/mol. The monoisotopic (exact) mass is 466 g/mol. The van der Waals surface area contributed by atoms with Crippen LogP contribution in [0.3, 0.4) is 0 Å². The van der Waals surface area contributed by atoms with E-state index in [2.05, 4.69) is 26.2 Å². The molecule has 0 aliphatic rings. The molecule has 1 aromatic heterocycles. The number of benzene rings is 2. The number of primary sulfonamides is 1. The summed E-state index contributed by atoms with van der Waals surface area (Å²) in [5, 5.41) is 8.72. The maximum Gasteiger partial charge on any atom is 0.256 e. The Morgan fingerprint density at radius 2 is 1.93 bits per heavy atom. The van der Waals surface area contributed by atoms with Crippen molar-refractivity contribution in [1.82, 2.24) is 9.55 Å². The number of hydrogen-bond acceptors (Lipinski definition) is 5. The number of imidazole rings is 1. The van der Waals surface area contributed by atoms with Gasteiger partial charge in [0.15, 0.2) is 5.16 Å². The first-order chi connectivity index (χ1) is 12.7. The van der Waals surface area contributed by atoms with E-state index in [9.17, 15) is 13.2 Å². The molecular formula is C17H15BrN4O3S2. The molecule has 140 valence electrons. The molecule has 0 fully saturated rings. The summed E-state index contributed by atoms with van der Waals surface area (Å²) in [6.07, 6.45) is 3.59. The van der Waals surface area contributed by atoms with Crippen LogP contribution in [0.4, 0.5) is 5.69 Å².